The molecule has 0 fully saturated rings. The first-order chi connectivity index (χ1) is 12.0. The zero-order chi connectivity index (χ0) is 18.4. The van der Waals surface area contributed by atoms with Crippen LogP contribution < -0.4 is 0 Å². The number of ether oxygens (including phenoxy) is 1. The predicted molar refractivity (Wildman–Crippen MR) is 104 cm³/mol. The summed E-state index contributed by atoms with van der Waals surface area (Å²) in [6.07, 6.45) is 13.8. The average Bonchev–Trinajstić information content (AvgIpc) is 2.58. The van der Waals surface area contributed by atoms with E-state index in [2.05, 4.69) is 6.92 Å². The molecule has 0 bridgehead atoms. The second-order valence-corrected chi connectivity index (χ2v) is 7.97. The van der Waals surface area contributed by atoms with Crippen LogP contribution in [0.2, 0.25) is 0 Å². The van der Waals surface area contributed by atoms with E-state index in [-0.39, 0.29) is 0 Å². The van der Waals surface area contributed by atoms with Crippen LogP contribution in [0.4, 0.5) is 0 Å². The fraction of sp³-hybridized carbons (Fsp3) is 0.600. The lowest BCUT2D eigenvalue weighted by molar-refractivity contribution is 0.188. The number of unbranched alkanes of at least 4 members (excludes halogenated alkanes) is 8. The maximum atomic E-state index is 11.4. The summed E-state index contributed by atoms with van der Waals surface area (Å²) in [5, 5.41) is 0. The van der Waals surface area contributed by atoms with Gasteiger partial charge in [0.1, 0.15) is 0 Å². The van der Waals surface area contributed by atoms with Crippen molar-refractivity contribution in [1.82, 2.24) is 0 Å². The Balaban J connectivity index is 2.24. The minimum absolute atomic E-state index is 0.313. The van der Waals surface area contributed by atoms with E-state index in [1.54, 1.807) is 6.08 Å². The van der Waals surface area contributed by atoms with E-state index in [4.69, 9.17) is 4.74 Å². The molecule has 0 spiro atoms. The molecule has 0 radical (unpaired) electrons. The number of benzene rings is 1. The molecule has 0 aliphatic carbocycles. The molecule has 0 saturated carbocycles. The molecule has 1 rings (SSSR count). The zero-order valence-electron chi connectivity index (χ0n) is 15.3. The van der Waals surface area contributed by atoms with Gasteiger partial charge in [0.25, 0.3) is 0 Å². The average molecular weight is 369 g/mol. The Bertz CT molecular complexity index is 567. The summed E-state index contributed by atoms with van der Waals surface area (Å²) in [5.74, 6) is 0. The van der Waals surface area contributed by atoms with Gasteiger partial charge in [-0.2, -0.15) is 8.42 Å². The molecule has 1 aromatic carbocycles. The van der Waals surface area contributed by atoms with Gasteiger partial charge in [0.05, 0.1) is 6.26 Å². The van der Waals surface area contributed by atoms with Gasteiger partial charge in [0, 0.05) is 6.42 Å². The van der Waals surface area contributed by atoms with E-state index < -0.39 is 15.6 Å². The van der Waals surface area contributed by atoms with Crippen LogP contribution in [0.3, 0.4) is 0 Å². The molecule has 5 heteroatoms. The van der Waals surface area contributed by atoms with Crippen molar-refractivity contribution in [3.8, 4) is 0 Å². The van der Waals surface area contributed by atoms with Crippen LogP contribution in [0, 0.1) is 0 Å². The summed E-state index contributed by atoms with van der Waals surface area (Å²) >= 11 is 0. The molecule has 1 atom stereocenters. The molecule has 1 N–H and O–H groups in total. The van der Waals surface area contributed by atoms with Crippen LogP contribution in [-0.4, -0.2) is 18.4 Å². The number of hydrogen-bond acceptors (Lipinski definition) is 3. The first kappa shape index (κ1) is 21.7. The maximum Gasteiger partial charge on any atom is 0.303 e. The van der Waals surface area contributed by atoms with Crippen molar-refractivity contribution in [2.45, 2.75) is 76.6 Å². The largest absolute Gasteiger partial charge is 0.480 e. The fourth-order valence-corrected chi connectivity index (χ4v) is 3.35. The highest BCUT2D eigenvalue weighted by atomic mass is 32.2. The van der Waals surface area contributed by atoms with Crippen molar-refractivity contribution in [2.75, 3.05) is 0 Å². The molecule has 1 unspecified atom stereocenters. The number of hydrogen-bond donors (Lipinski definition) is 1. The fourth-order valence-electron chi connectivity index (χ4n) is 2.68. The van der Waals surface area contributed by atoms with Crippen LogP contribution in [0.1, 0.15) is 76.7 Å². The molecule has 4 nitrogen and oxygen atoms in total. The zero-order valence-corrected chi connectivity index (χ0v) is 16.1. The quantitative estimate of drug-likeness (QED) is 0.256. The van der Waals surface area contributed by atoms with Crippen molar-refractivity contribution >= 4 is 16.2 Å². The first-order valence-corrected chi connectivity index (χ1v) is 10.9. The molecule has 142 valence electrons. The van der Waals surface area contributed by atoms with Crippen molar-refractivity contribution in [3.05, 3.63) is 42.2 Å². The third-order valence-corrected chi connectivity index (χ3v) is 5.18. The molecule has 25 heavy (non-hydrogen) atoms. The van der Waals surface area contributed by atoms with Gasteiger partial charge in [-0.15, -0.1) is 0 Å². The Morgan fingerprint density at radius 2 is 1.52 bits per heavy atom. The highest BCUT2D eigenvalue weighted by molar-refractivity contribution is 7.86. The van der Waals surface area contributed by atoms with Gasteiger partial charge < -0.3 is 4.74 Å². The lowest BCUT2D eigenvalue weighted by Gasteiger charge is -2.13. The van der Waals surface area contributed by atoms with E-state index in [1.807, 2.05) is 30.3 Å². The van der Waals surface area contributed by atoms with Crippen LogP contribution in [0.25, 0.3) is 6.08 Å². The highest BCUT2D eigenvalue weighted by Gasteiger charge is 2.22. The van der Waals surface area contributed by atoms with E-state index in [9.17, 15) is 13.0 Å². The van der Waals surface area contributed by atoms with Gasteiger partial charge in [0.15, 0.2) is 0 Å². The van der Waals surface area contributed by atoms with E-state index in [0.717, 1.165) is 24.8 Å². The van der Waals surface area contributed by atoms with Gasteiger partial charge in [-0.05, 0) is 18.1 Å². The lowest BCUT2D eigenvalue weighted by atomic mass is 10.1. The number of rotatable bonds is 14. The third kappa shape index (κ3) is 11.0. The van der Waals surface area contributed by atoms with Crippen molar-refractivity contribution < 1.29 is 17.7 Å². The van der Waals surface area contributed by atoms with Gasteiger partial charge in [-0.1, -0.05) is 88.6 Å². The van der Waals surface area contributed by atoms with E-state index in [1.165, 1.54) is 44.8 Å². The molecule has 0 saturated heterocycles. The minimum atomic E-state index is -4.20. The summed E-state index contributed by atoms with van der Waals surface area (Å²) in [6, 6.07) is 9.47. The Morgan fingerprint density at radius 1 is 0.960 bits per heavy atom. The van der Waals surface area contributed by atoms with Gasteiger partial charge in [0.2, 0.25) is 5.44 Å². The maximum absolute atomic E-state index is 11.4. The standard InChI is InChI=1S/C20H32O4S/c1-2-3-4-5-6-7-8-9-13-16-20(25(21,22)23)24-18-17-19-14-11-10-12-15-19/h10-12,14-15,17-18,20H,2-9,13,16H2,1H3,(H,21,22,23). The van der Waals surface area contributed by atoms with Crippen molar-refractivity contribution in [1.29, 1.82) is 0 Å². The Morgan fingerprint density at radius 3 is 2.08 bits per heavy atom. The molecule has 0 heterocycles. The second kappa shape index (κ2) is 13.0. The molecule has 0 aromatic heterocycles. The Labute approximate surface area is 153 Å². The van der Waals surface area contributed by atoms with Gasteiger partial charge in [-0.25, -0.2) is 0 Å². The lowest BCUT2D eigenvalue weighted by Crippen LogP contribution is -2.21. The third-order valence-electron chi connectivity index (χ3n) is 4.17. The molecular formula is C20H32O4S. The predicted octanol–water partition coefficient (Wildman–Crippen LogP) is 5.81. The second-order valence-electron chi connectivity index (χ2n) is 6.41. The van der Waals surface area contributed by atoms with Crippen LogP contribution in [-0.2, 0) is 14.9 Å². The van der Waals surface area contributed by atoms with E-state index in [0.29, 0.717) is 6.42 Å². The summed E-state index contributed by atoms with van der Waals surface area (Å²) < 4.78 is 37.4. The summed E-state index contributed by atoms with van der Waals surface area (Å²) in [4.78, 5) is 0. The molecule has 0 amide bonds. The van der Waals surface area contributed by atoms with Crippen molar-refractivity contribution in [3.63, 3.8) is 0 Å². The van der Waals surface area contributed by atoms with Crippen LogP contribution in [0.15, 0.2) is 36.6 Å². The van der Waals surface area contributed by atoms with Gasteiger partial charge in [-0.3, -0.25) is 4.55 Å². The molecule has 0 aliphatic rings. The summed E-state index contributed by atoms with van der Waals surface area (Å²) in [5.41, 5.74) is -0.267. The van der Waals surface area contributed by atoms with Gasteiger partial charge >= 0.3 is 10.1 Å². The molecular weight excluding hydrogens is 336 g/mol. The Hall–Kier alpha value is -1.33. The SMILES string of the molecule is CCCCCCCCCCCC(OC=Cc1ccccc1)S(=O)(=O)O. The minimum Gasteiger partial charge on any atom is -0.480 e. The topological polar surface area (TPSA) is 63.6 Å². The van der Waals surface area contributed by atoms with Crippen molar-refractivity contribution in [2.24, 2.45) is 0 Å². The Kier molecular flexibility index (Phi) is 11.2. The molecule has 0 aliphatic heterocycles. The summed E-state index contributed by atoms with van der Waals surface area (Å²) in [6.45, 7) is 2.21. The molecule has 1 aromatic rings. The summed E-state index contributed by atoms with van der Waals surface area (Å²) in [7, 11) is -4.20. The highest BCUT2D eigenvalue weighted by Crippen LogP contribution is 2.15. The van der Waals surface area contributed by atoms with Crippen LogP contribution in [0.5, 0.6) is 0 Å². The normalized spacial score (nSPS) is 13.2. The monoisotopic (exact) mass is 368 g/mol. The first-order valence-electron chi connectivity index (χ1n) is 9.37. The van der Waals surface area contributed by atoms with Crippen LogP contribution >= 0.6 is 0 Å². The van der Waals surface area contributed by atoms with E-state index >= 15 is 0 Å². The smallest absolute Gasteiger partial charge is 0.303 e.